The van der Waals surface area contributed by atoms with Crippen molar-refractivity contribution in [1.29, 1.82) is 0 Å². The third kappa shape index (κ3) is 9.25. The van der Waals surface area contributed by atoms with Crippen molar-refractivity contribution in [3.05, 3.63) is 87.4 Å². The molecule has 3 aromatic rings. The van der Waals surface area contributed by atoms with E-state index in [9.17, 15) is 18.0 Å². The van der Waals surface area contributed by atoms with E-state index in [2.05, 4.69) is 5.32 Å². The summed E-state index contributed by atoms with van der Waals surface area (Å²) >= 11 is 18.4. The van der Waals surface area contributed by atoms with Gasteiger partial charge >= 0.3 is 0 Å². The predicted octanol–water partition coefficient (Wildman–Crippen LogP) is 6.96. The molecule has 3 rings (SSSR count). The molecule has 43 heavy (non-hydrogen) atoms. The summed E-state index contributed by atoms with van der Waals surface area (Å²) in [4.78, 5) is 29.0. The van der Waals surface area contributed by atoms with Crippen LogP contribution in [0.1, 0.15) is 46.6 Å². The SMILES string of the molecule is CCOc1ccc(N(CC(=O)N(Cc2ccc(Cl)c(Cl)c2)[C@H](CC)C(=O)NC(C)(C)C)S(=O)(=O)c2ccc(Cl)cc2)cc1. The standard InChI is InChI=1S/C31H36Cl3N3O5S/c1-6-28(30(39)35-31(3,4)5)36(19-21-8-17-26(33)27(34)18-21)29(38)20-37(23-11-13-24(14-12-23)42-7-2)43(40,41)25-15-9-22(32)10-16-25/h8-18,28H,6-7,19-20H2,1-5H3,(H,35,39)/t28-/m1/s1. The van der Waals surface area contributed by atoms with Crippen LogP contribution < -0.4 is 14.4 Å². The van der Waals surface area contributed by atoms with Crippen molar-refractivity contribution in [3.63, 3.8) is 0 Å². The van der Waals surface area contributed by atoms with Crippen molar-refractivity contribution in [2.24, 2.45) is 0 Å². The Labute approximate surface area is 268 Å². The van der Waals surface area contributed by atoms with Crippen molar-refractivity contribution in [2.75, 3.05) is 17.5 Å². The van der Waals surface area contributed by atoms with E-state index in [1.54, 1.807) is 49.4 Å². The quantitative estimate of drug-likeness (QED) is 0.225. The minimum absolute atomic E-state index is 0.0100. The Balaban J connectivity index is 2.09. The fourth-order valence-electron chi connectivity index (χ4n) is 4.34. The number of benzene rings is 3. The molecule has 2 amide bonds. The summed E-state index contributed by atoms with van der Waals surface area (Å²) in [6.45, 7) is 9.00. The first-order valence-corrected chi connectivity index (χ1v) is 16.3. The minimum atomic E-state index is -4.24. The molecule has 3 aromatic carbocycles. The van der Waals surface area contributed by atoms with Crippen LogP contribution in [0.3, 0.4) is 0 Å². The van der Waals surface area contributed by atoms with E-state index < -0.39 is 34.1 Å². The summed E-state index contributed by atoms with van der Waals surface area (Å²) in [5, 5.41) is 3.94. The van der Waals surface area contributed by atoms with Gasteiger partial charge < -0.3 is 15.0 Å². The fraction of sp³-hybridized carbons (Fsp3) is 0.355. The molecule has 0 aromatic heterocycles. The largest absolute Gasteiger partial charge is 0.494 e. The molecular weight excluding hydrogens is 633 g/mol. The molecule has 0 fully saturated rings. The fourth-order valence-corrected chi connectivity index (χ4v) is 6.21. The maximum Gasteiger partial charge on any atom is 0.264 e. The lowest BCUT2D eigenvalue weighted by Gasteiger charge is -2.34. The Hall–Kier alpha value is -2.98. The third-order valence-electron chi connectivity index (χ3n) is 6.34. The van der Waals surface area contributed by atoms with Gasteiger partial charge in [-0.15, -0.1) is 0 Å². The van der Waals surface area contributed by atoms with Crippen LogP contribution in [0.25, 0.3) is 0 Å². The van der Waals surface area contributed by atoms with E-state index in [0.717, 1.165) is 4.31 Å². The van der Waals surface area contributed by atoms with Gasteiger partial charge in [0, 0.05) is 17.1 Å². The average molecular weight is 669 g/mol. The van der Waals surface area contributed by atoms with Gasteiger partial charge in [-0.1, -0.05) is 47.8 Å². The molecule has 0 heterocycles. The molecule has 0 unspecified atom stereocenters. The maximum atomic E-state index is 14.2. The first-order chi connectivity index (χ1) is 20.2. The molecule has 0 saturated carbocycles. The molecule has 1 atom stereocenters. The van der Waals surface area contributed by atoms with Crippen molar-refractivity contribution in [2.45, 2.75) is 64.1 Å². The zero-order chi connectivity index (χ0) is 31.9. The second kappa shape index (κ2) is 14.7. The Kier molecular flexibility index (Phi) is 11.8. The number of amides is 2. The van der Waals surface area contributed by atoms with Crippen LogP contribution in [0.5, 0.6) is 5.75 Å². The van der Waals surface area contributed by atoms with Crippen LogP contribution in [-0.2, 0) is 26.2 Å². The number of hydrogen-bond acceptors (Lipinski definition) is 5. The first-order valence-electron chi connectivity index (χ1n) is 13.7. The molecular formula is C31H36Cl3N3O5S. The lowest BCUT2D eigenvalue weighted by Crippen LogP contribution is -2.55. The van der Waals surface area contributed by atoms with Crippen molar-refractivity contribution in [1.82, 2.24) is 10.2 Å². The number of ether oxygens (including phenoxy) is 1. The van der Waals surface area contributed by atoms with E-state index in [4.69, 9.17) is 39.5 Å². The number of rotatable bonds is 12. The highest BCUT2D eigenvalue weighted by molar-refractivity contribution is 7.92. The molecule has 0 aliphatic rings. The van der Waals surface area contributed by atoms with Crippen molar-refractivity contribution < 1.29 is 22.7 Å². The van der Waals surface area contributed by atoms with E-state index in [0.29, 0.717) is 33.0 Å². The topological polar surface area (TPSA) is 96.0 Å². The second-order valence-corrected chi connectivity index (χ2v) is 13.9. The first kappa shape index (κ1) is 34.5. The smallest absolute Gasteiger partial charge is 0.264 e. The highest BCUT2D eigenvalue weighted by Crippen LogP contribution is 2.28. The van der Waals surface area contributed by atoms with Gasteiger partial charge in [-0.3, -0.25) is 13.9 Å². The number of carbonyl (C=O) groups excluding carboxylic acids is 2. The minimum Gasteiger partial charge on any atom is -0.494 e. The van der Waals surface area contributed by atoms with Crippen LogP contribution in [-0.4, -0.2) is 49.9 Å². The summed E-state index contributed by atoms with van der Waals surface area (Å²) in [7, 11) is -4.24. The van der Waals surface area contributed by atoms with E-state index in [-0.39, 0.29) is 29.5 Å². The van der Waals surface area contributed by atoms with Crippen LogP contribution in [0.15, 0.2) is 71.6 Å². The summed E-state index contributed by atoms with van der Waals surface area (Å²) in [5.41, 5.74) is 0.307. The van der Waals surface area contributed by atoms with Crippen molar-refractivity contribution >= 4 is 62.3 Å². The highest BCUT2D eigenvalue weighted by atomic mass is 35.5. The summed E-state index contributed by atoms with van der Waals surface area (Å²) in [6, 6.07) is 16.1. The van der Waals surface area contributed by atoms with Gasteiger partial charge in [0.05, 0.1) is 27.2 Å². The number of halogens is 3. The Bertz CT molecular complexity index is 1530. The number of carbonyl (C=O) groups is 2. The Morgan fingerprint density at radius 1 is 0.907 bits per heavy atom. The zero-order valence-electron chi connectivity index (χ0n) is 24.7. The monoisotopic (exact) mass is 667 g/mol. The Morgan fingerprint density at radius 2 is 1.53 bits per heavy atom. The highest BCUT2D eigenvalue weighted by Gasteiger charge is 2.34. The third-order valence-corrected chi connectivity index (χ3v) is 9.12. The molecule has 0 spiro atoms. The molecule has 0 aliphatic carbocycles. The lowest BCUT2D eigenvalue weighted by atomic mass is 10.1. The number of nitrogens with one attached hydrogen (secondary N) is 1. The van der Waals surface area contributed by atoms with Gasteiger partial charge in [0.25, 0.3) is 10.0 Å². The summed E-state index contributed by atoms with van der Waals surface area (Å²) < 4.78 is 34.5. The Morgan fingerprint density at radius 3 is 2.07 bits per heavy atom. The maximum absolute atomic E-state index is 14.2. The van der Waals surface area contributed by atoms with Crippen LogP contribution >= 0.6 is 34.8 Å². The molecule has 0 aliphatic heterocycles. The van der Waals surface area contributed by atoms with Gasteiger partial charge in [0.15, 0.2) is 0 Å². The zero-order valence-corrected chi connectivity index (χ0v) is 27.8. The van der Waals surface area contributed by atoms with Gasteiger partial charge in [-0.25, -0.2) is 8.42 Å². The molecule has 0 bridgehead atoms. The molecule has 0 saturated heterocycles. The van der Waals surface area contributed by atoms with Gasteiger partial charge in [0.1, 0.15) is 18.3 Å². The number of hydrogen-bond donors (Lipinski definition) is 1. The van der Waals surface area contributed by atoms with Crippen LogP contribution in [0, 0.1) is 0 Å². The average Bonchev–Trinajstić information content (AvgIpc) is 2.93. The number of nitrogens with zero attached hydrogens (tertiary/aromatic N) is 2. The molecule has 1 N–H and O–H groups in total. The molecule has 8 nitrogen and oxygen atoms in total. The normalized spacial score (nSPS) is 12.4. The molecule has 232 valence electrons. The number of anilines is 1. The van der Waals surface area contributed by atoms with E-state index in [1.807, 2.05) is 27.7 Å². The molecule has 12 heteroatoms. The molecule has 0 radical (unpaired) electrons. The van der Waals surface area contributed by atoms with E-state index in [1.165, 1.54) is 29.2 Å². The summed E-state index contributed by atoms with van der Waals surface area (Å²) in [6.07, 6.45) is 0.280. The van der Waals surface area contributed by atoms with Gasteiger partial charge in [-0.05, 0) is 100 Å². The lowest BCUT2D eigenvalue weighted by molar-refractivity contribution is -0.141. The number of sulfonamides is 1. The van der Waals surface area contributed by atoms with Crippen molar-refractivity contribution in [3.8, 4) is 5.75 Å². The second-order valence-electron chi connectivity index (χ2n) is 10.8. The van der Waals surface area contributed by atoms with Gasteiger partial charge in [0.2, 0.25) is 11.8 Å². The predicted molar refractivity (Wildman–Crippen MR) is 173 cm³/mol. The van der Waals surface area contributed by atoms with Crippen LogP contribution in [0.2, 0.25) is 15.1 Å². The summed E-state index contributed by atoms with van der Waals surface area (Å²) in [5.74, 6) is -0.405. The van der Waals surface area contributed by atoms with Gasteiger partial charge in [-0.2, -0.15) is 0 Å². The van der Waals surface area contributed by atoms with E-state index >= 15 is 0 Å². The van der Waals surface area contributed by atoms with Crippen LogP contribution in [0.4, 0.5) is 5.69 Å².